The van der Waals surface area contributed by atoms with Gasteiger partial charge in [-0.25, -0.2) is 4.98 Å². The molecule has 6 nitrogen and oxygen atoms in total. The third-order valence-corrected chi connectivity index (χ3v) is 10.1. The van der Waals surface area contributed by atoms with Gasteiger partial charge in [0.25, 0.3) is 0 Å². The molecule has 5 atom stereocenters. The van der Waals surface area contributed by atoms with Crippen LogP contribution < -0.4 is 5.32 Å². The molecule has 4 aliphatic rings. The summed E-state index contributed by atoms with van der Waals surface area (Å²) in [5, 5.41) is 3.44. The molecule has 0 amide bonds. The van der Waals surface area contributed by atoms with Crippen LogP contribution >= 0.6 is 0 Å². The maximum absolute atomic E-state index is 13.2. The molecule has 2 aromatic rings. The number of benzene rings is 1. The lowest BCUT2D eigenvalue weighted by atomic mass is 9.77. The summed E-state index contributed by atoms with van der Waals surface area (Å²) in [6, 6.07) is 8.88. The Bertz CT molecular complexity index is 1260. The minimum atomic E-state index is -0.523. The van der Waals surface area contributed by atoms with Crippen LogP contribution in [0.5, 0.6) is 0 Å². The normalized spacial score (nSPS) is 27.0. The Hall–Kier alpha value is -2.44. The van der Waals surface area contributed by atoms with Crippen LogP contribution in [0.1, 0.15) is 111 Å². The smallest absolute Gasteiger partial charge is 0.316 e. The summed E-state index contributed by atoms with van der Waals surface area (Å²) in [5.74, 6) is 1.63. The van der Waals surface area contributed by atoms with E-state index in [4.69, 9.17) is 19.2 Å². The highest BCUT2D eigenvalue weighted by Gasteiger charge is 2.43. The van der Waals surface area contributed by atoms with Crippen molar-refractivity contribution in [2.45, 2.75) is 110 Å². The van der Waals surface area contributed by atoms with E-state index in [-0.39, 0.29) is 23.2 Å². The lowest BCUT2D eigenvalue weighted by Gasteiger charge is -2.37. The van der Waals surface area contributed by atoms with Crippen LogP contribution in [0.2, 0.25) is 0 Å². The number of hydrogen-bond donors (Lipinski definition) is 1. The van der Waals surface area contributed by atoms with Gasteiger partial charge in [0, 0.05) is 24.4 Å². The van der Waals surface area contributed by atoms with Gasteiger partial charge in [0.2, 0.25) is 6.29 Å². The average Bonchev–Trinajstić information content (AvgIpc) is 3.24. The summed E-state index contributed by atoms with van der Waals surface area (Å²) in [4.78, 5) is 18.0. The van der Waals surface area contributed by atoms with E-state index in [1.54, 1.807) is 0 Å². The molecule has 41 heavy (non-hydrogen) atoms. The van der Waals surface area contributed by atoms with E-state index in [0.29, 0.717) is 18.6 Å². The molecule has 1 unspecified atom stereocenters. The summed E-state index contributed by atoms with van der Waals surface area (Å²) in [6.45, 7) is 11.5. The molecule has 0 bridgehead atoms. The summed E-state index contributed by atoms with van der Waals surface area (Å²) in [6.07, 6.45) is 10.6. The molecular formula is C35H48N2O4. The van der Waals surface area contributed by atoms with E-state index in [1.807, 2.05) is 0 Å². The molecule has 3 aliphatic heterocycles. The lowest BCUT2D eigenvalue weighted by molar-refractivity contribution is -0.191. The van der Waals surface area contributed by atoms with E-state index >= 15 is 0 Å². The zero-order chi connectivity index (χ0) is 28.6. The monoisotopic (exact) mass is 560 g/mol. The first kappa shape index (κ1) is 28.7. The molecule has 222 valence electrons. The van der Waals surface area contributed by atoms with Crippen molar-refractivity contribution in [3.05, 3.63) is 57.8 Å². The standard InChI is InChI=1S/C35H48N2O4/c1-22-18-26-14-17-40-34-31(26)28(19-22)30(33(38)41-34)23(2)10-11-24-20-29(35(3,4)21-24)39-16-6-5-9-27-13-12-25-8-7-15-36-32(25)37-27/h12-13,18-19,23-24,29-30,34H,5-11,14-17,20-21H2,1-4H3,(H,36,37)/t23?,24-,29-,30+,34-/m0/s1. The second kappa shape index (κ2) is 12.0. The fraction of sp³-hybridized carbons (Fsp3) is 0.657. The number of carbonyl (C=O) groups excluding carboxylic acids is 1. The number of anilines is 1. The van der Waals surface area contributed by atoms with Crippen LogP contribution in [0.4, 0.5) is 5.82 Å². The Kier molecular flexibility index (Phi) is 8.42. The number of ether oxygens (including phenoxy) is 3. The maximum atomic E-state index is 13.2. The molecule has 4 heterocycles. The fourth-order valence-electron chi connectivity index (χ4n) is 7.85. The Labute approximate surface area is 245 Å². The molecule has 1 aliphatic carbocycles. The number of nitrogens with one attached hydrogen (secondary N) is 1. The second-order valence-electron chi connectivity index (χ2n) is 13.8. The van der Waals surface area contributed by atoms with Gasteiger partial charge in [-0.2, -0.15) is 0 Å². The third-order valence-electron chi connectivity index (χ3n) is 10.1. The molecule has 0 spiro atoms. The summed E-state index contributed by atoms with van der Waals surface area (Å²) >= 11 is 0. The lowest BCUT2D eigenvalue weighted by Crippen LogP contribution is -2.35. The molecule has 1 aromatic carbocycles. The number of carbonyl (C=O) groups is 1. The summed E-state index contributed by atoms with van der Waals surface area (Å²) in [5.41, 5.74) is 7.49. The van der Waals surface area contributed by atoms with Crippen molar-refractivity contribution in [2.24, 2.45) is 17.3 Å². The van der Waals surface area contributed by atoms with Crippen LogP contribution in [0.15, 0.2) is 24.3 Å². The van der Waals surface area contributed by atoms with Crippen molar-refractivity contribution >= 4 is 11.8 Å². The van der Waals surface area contributed by atoms with Crippen LogP contribution in [0, 0.1) is 24.2 Å². The predicted molar refractivity (Wildman–Crippen MR) is 161 cm³/mol. The maximum Gasteiger partial charge on any atom is 0.316 e. The number of hydrogen-bond acceptors (Lipinski definition) is 6. The fourth-order valence-corrected chi connectivity index (χ4v) is 7.85. The van der Waals surface area contributed by atoms with Crippen LogP contribution in [-0.2, 0) is 38.3 Å². The minimum absolute atomic E-state index is 0.122. The Morgan fingerprint density at radius 1 is 1.17 bits per heavy atom. The Balaban J connectivity index is 0.981. The zero-order valence-electron chi connectivity index (χ0n) is 25.5. The van der Waals surface area contributed by atoms with Gasteiger partial charge in [0.1, 0.15) is 5.82 Å². The first-order valence-corrected chi connectivity index (χ1v) is 16.1. The number of pyridine rings is 1. The third kappa shape index (κ3) is 6.19. The predicted octanol–water partition coefficient (Wildman–Crippen LogP) is 7.22. The first-order chi connectivity index (χ1) is 19.8. The number of aromatic nitrogens is 1. The van der Waals surface area contributed by atoms with Crippen molar-refractivity contribution in [3.63, 3.8) is 0 Å². The molecule has 1 aromatic heterocycles. The van der Waals surface area contributed by atoms with Crippen LogP contribution in [0.3, 0.4) is 0 Å². The van der Waals surface area contributed by atoms with Gasteiger partial charge in [-0.05, 0) is 105 Å². The Morgan fingerprint density at radius 3 is 2.93 bits per heavy atom. The molecule has 0 saturated heterocycles. The topological polar surface area (TPSA) is 69.7 Å². The van der Waals surface area contributed by atoms with Crippen molar-refractivity contribution in [1.82, 2.24) is 4.98 Å². The molecule has 0 radical (unpaired) electrons. The van der Waals surface area contributed by atoms with Crippen molar-refractivity contribution < 1.29 is 19.0 Å². The number of nitrogens with zero attached hydrogens (tertiary/aromatic N) is 1. The molecular weight excluding hydrogens is 512 g/mol. The van der Waals surface area contributed by atoms with Gasteiger partial charge < -0.3 is 19.5 Å². The number of aryl methyl sites for hydroxylation is 3. The Morgan fingerprint density at radius 2 is 2.05 bits per heavy atom. The zero-order valence-corrected chi connectivity index (χ0v) is 25.5. The highest BCUT2D eigenvalue weighted by atomic mass is 16.7. The van der Waals surface area contributed by atoms with E-state index in [1.165, 1.54) is 35.2 Å². The first-order valence-electron chi connectivity index (χ1n) is 16.1. The van der Waals surface area contributed by atoms with Crippen LogP contribution in [0.25, 0.3) is 0 Å². The van der Waals surface area contributed by atoms with Gasteiger partial charge >= 0.3 is 5.97 Å². The van der Waals surface area contributed by atoms with E-state index in [2.05, 4.69) is 57.3 Å². The largest absolute Gasteiger partial charge is 0.431 e. The van der Waals surface area contributed by atoms with Gasteiger partial charge in [-0.1, -0.05) is 51.0 Å². The number of rotatable bonds is 10. The molecule has 1 fully saturated rings. The average molecular weight is 561 g/mol. The van der Waals surface area contributed by atoms with Crippen molar-refractivity contribution in [3.8, 4) is 0 Å². The molecule has 6 rings (SSSR count). The molecule has 1 saturated carbocycles. The van der Waals surface area contributed by atoms with Gasteiger partial charge in [0.05, 0.1) is 18.6 Å². The van der Waals surface area contributed by atoms with E-state index in [0.717, 1.165) is 81.5 Å². The quantitative estimate of drug-likeness (QED) is 0.244. The summed E-state index contributed by atoms with van der Waals surface area (Å²) in [7, 11) is 0. The van der Waals surface area contributed by atoms with Gasteiger partial charge in [0.15, 0.2) is 0 Å². The van der Waals surface area contributed by atoms with E-state index in [9.17, 15) is 4.79 Å². The highest BCUT2D eigenvalue weighted by Crippen LogP contribution is 2.48. The van der Waals surface area contributed by atoms with Gasteiger partial charge in [-0.15, -0.1) is 0 Å². The SMILES string of the molecule is Cc1cc2c3c(c1)[C@@H](C(C)CC[C@H]1C[C@H](OCCCCc4ccc5c(n4)NCCC5)C(C)(C)C1)C(=O)O[C@@H]3OCC2. The van der Waals surface area contributed by atoms with E-state index < -0.39 is 6.29 Å². The second-order valence-corrected chi connectivity index (χ2v) is 13.8. The minimum Gasteiger partial charge on any atom is -0.431 e. The molecule has 6 heteroatoms. The highest BCUT2D eigenvalue weighted by molar-refractivity contribution is 5.81. The van der Waals surface area contributed by atoms with Gasteiger partial charge in [-0.3, -0.25) is 4.79 Å². The number of esters is 1. The summed E-state index contributed by atoms with van der Waals surface area (Å²) < 4.78 is 18.1. The number of unbranched alkanes of at least 4 members (excludes halogenated alkanes) is 1. The number of fused-ring (bicyclic) bond motifs is 1. The van der Waals surface area contributed by atoms with Crippen LogP contribution in [-0.4, -0.2) is 36.8 Å². The van der Waals surface area contributed by atoms with Crippen molar-refractivity contribution in [1.29, 1.82) is 0 Å². The molecule has 1 N–H and O–H groups in total. The van der Waals surface area contributed by atoms with Crippen molar-refractivity contribution in [2.75, 3.05) is 25.1 Å².